The number of aromatic nitrogens is 2. The number of carbonyl (C=O) groups is 1. The van der Waals surface area contributed by atoms with Crippen LogP contribution in [0.15, 0.2) is 28.8 Å². The third kappa shape index (κ3) is 5.29. The normalized spacial score (nSPS) is 11.6. The summed E-state index contributed by atoms with van der Waals surface area (Å²) in [7, 11) is 1.54. The van der Waals surface area contributed by atoms with Crippen molar-refractivity contribution in [2.75, 3.05) is 20.3 Å². The van der Waals surface area contributed by atoms with E-state index in [0.717, 1.165) is 12.0 Å². The Labute approximate surface area is 148 Å². The Kier molecular flexibility index (Phi) is 6.73. The Morgan fingerprint density at radius 1 is 1.27 bits per heavy atom. The second-order valence-corrected chi connectivity index (χ2v) is 5.68. The molecule has 1 aromatic carbocycles. The van der Waals surface area contributed by atoms with Gasteiger partial charge in [0, 0.05) is 25.8 Å². The van der Waals surface area contributed by atoms with Gasteiger partial charge in [0.2, 0.25) is 11.7 Å². The van der Waals surface area contributed by atoms with Crippen molar-refractivity contribution in [3.63, 3.8) is 0 Å². The van der Waals surface area contributed by atoms with Crippen LogP contribution in [-0.2, 0) is 22.3 Å². The Morgan fingerprint density at radius 3 is 2.50 bits per heavy atom. The van der Waals surface area contributed by atoms with E-state index < -0.39 is 12.1 Å². The van der Waals surface area contributed by atoms with Crippen molar-refractivity contribution in [1.29, 1.82) is 0 Å². The summed E-state index contributed by atoms with van der Waals surface area (Å²) in [6, 6.07) is 6.66. The van der Waals surface area contributed by atoms with E-state index in [9.17, 15) is 18.0 Å². The molecule has 0 bridgehead atoms. The van der Waals surface area contributed by atoms with Crippen LogP contribution in [-0.4, -0.2) is 41.2 Å². The average Bonchev–Trinajstić information content (AvgIpc) is 3.10. The van der Waals surface area contributed by atoms with E-state index in [0.29, 0.717) is 31.7 Å². The zero-order chi connectivity index (χ0) is 19.2. The Bertz CT molecular complexity index is 714. The van der Waals surface area contributed by atoms with Gasteiger partial charge in [-0.3, -0.25) is 4.79 Å². The number of nitrogens with zero attached hydrogens (tertiary/aromatic N) is 3. The lowest BCUT2D eigenvalue weighted by atomic mass is 10.1. The van der Waals surface area contributed by atoms with E-state index in [4.69, 9.17) is 4.74 Å². The molecule has 0 aliphatic rings. The highest BCUT2D eigenvalue weighted by molar-refractivity contribution is 5.76. The van der Waals surface area contributed by atoms with E-state index in [2.05, 4.69) is 14.7 Å². The minimum atomic E-state index is -4.67. The Balaban J connectivity index is 2.08. The first-order valence-electron chi connectivity index (χ1n) is 8.12. The summed E-state index contributed by atoms with van der Waals surface area (Å²) in [5.41, 5.74) is 1.26. The van der Waals surface area contributed by atoms with Crippen molar-refractivity contribution in [3.05, 3.63) is 35.7 Å². The monoisotopic (exact) mass is 371 g/mol. The summed E-state index contributed by atoms with van der Waals surface area (Å²) >= 11 is 0. The Morgan fingerprint density at radius 2 is 1.96 bits per heavy atom. The molecule has 26 heavy (non-hydrogen) atoms. The molecule has 0 aliphatic heterocycles. The molecule has 0 atom stereocenters. The largest absolute Gasteiger partial charge is 0.471 e. The predicted molar refractivity (Wildman–Crippen MR) is 86.9 cm³/mol. The Hall–Kier alpha value is -2.42. The lowest BCUT2D eigenvalue weighted by Crippen LogP contribution is -2.31. The molecule has 0 radical (unpaired) electrons. The molecule has 6 nitrogen and oxygen atoms in total. The topological polar surface area (TPSA) is 68.5 Å². The molecule has 0 unspecified atom stereocenters. The first-order chi connectivity index (χ1) is 12.3. The minimum absolute atomic E-state index is 0.00855. The fraction of sp³-hybridized carbons (Fsp3) is 0.471. The van der Waals surface area contributed by atoms with Crippen LogP contribution >= 0.6 is 0 Å². The highest BCUT2D eigenvalue weighted by Crippen LogP contribution is 2.29. The SMILES string of the molecule is CCCN(Cc1ccc(-c2noc(C(F)(F)F)n2)cc1)C(=O)CCOC. The number of hydrogen-bond acceptors (Lipinski definition) is 5. The second kappa shape index (κ2) is 8.79. The molecule has 0 aliphatic carbocycles. The van der Waals surface area contributed by atoms with Gasteiger partial charge < -0.3 is 14.2 Å². The van der Waals surface area contributed by atoms with Gasteiger partial charge >= 0.3 is 12.1 Å². The molecule has 2 rings (SSSR count). The van der Waals surface area contributed by atoms with Crippen LogP contribution < -0.4 is 0 Å². The number of carbonyl (C=O) groups excluding carboxylic acids is 1. The summed E-state index contributed by atoms with van der Waals surface area (Å²) in [6.45, 7) is 3.37. The van der Waals surface area contributed by atoms with Crippen LogP contribution in [0.25, 0.3) is 11.4 Å². The first kappa shape index (κ1) is 19.9. The highest BCUT2D eigenvalue weighted by Gasteiger charge is 2.38. The number of benzene rings is 1. The number of hydrogen-bond donors (Lipinski definition) is 0. The maximum Gasteiger partial charge on any atom is 0.471 e. The van der Waals surface area contributed by atoms with E-state index in [1.807, 2.05) is 6.92 Å². The van der Waals surface area contributed by atoms with Crippen LogP contribution in [0.3, 0.4) is 0 Å². The van der Waals surface area contributed by atoms with Gasteiger partial charge in [-0.05, 0) is 12.0 Å². The molecule has 1 aromatic heterocycles. The number of ether oxygens (including phenoxy) is 1. The van der Waals surface area contributed by atoms with Gasteiger partial charge in [-0.25, -0.2) is 0 Å². The van der Waals surface area contributed by atoms with Crippen molar-refractivity contribution in [2.24, 2.45) is 0 Å². The minimum Gasteiger partial charge on any atom is -0.384 e. The summed E-state index contributed by atoms with van der Waals surface area (Å²) in [4.78, 5) is 17.3. The summed E-state index contributed by atoms with van der Waals surface area (Å²) in [5, 5.41) is 3.35. The van der Waals surface area contributed by atoms with Gasteiger partial charge in [-0.15, -0.1) is 0 Å². The van der Waals surface area contributed by atoms with Crippen LogP contribution in [0.4, 0.5) is 13.2 Å². The van der Waals surface area contributed by atoms with Crippen molar-refractivity contribution >= 4 is 5.91 Å². The lowest BCUT2D eigenvalue weighted by molar-refractivity contribution is -0.159. The van der Waals surface area contributed by atoms with Crippen LogP contribution in [0, 0.1) is 0 Å². The standard InChI is InChI=1S/C17H20F3N3O3/c1-3-9-23(14(24)8-10-25-2)11-12-4-6-13(7-5-12)15-21-16(26-22-15)17(18,19)20/h4-7H,3,8-11H2,1-2H3. The number of methoxy groups -OCH3 is 1. The molecule has 1 heterocycles. The van der Waals surface area contributed by atoms with E-state index >= 15 is 0 Å². The number of rotatable bonds is 8. The van der Waals surface area contributed by atoms with Gasteiger partial charge in [0.25, 0.3) is 0 Å². The number of halogens is 3. The smallest absolute Gasteiger partial charge is 0.384 e. The van der Waals surface area contributed by atoms with Crippen LogP contribution in [0.5, 0.6) is 0 Å². The van der Waals surface area contributed by atoms with Crippen molar-refractivity contribution in [1.82, 2.24) is 15.0 Å². The quantitative estimate of drug-likeness (QED) is 0.710. The average molecular weight is 371 g/mol. The molecule has 0 N–H and O–H groups in total. The van der Waals surface area contributed by atoms with Crippen molar-refractivity contribution in [2.45, 2.75) is 32.5 Å². The second-order valence-electron chi connectivity index (χ2n) is 5.68. The van der Waals surface area contributed by atoms with Crippen LogP contribution in [0.1, 0.15) is 31.2 Å². The summed E-state index contributed by atoms with van der Waals surface area (Å²) in [5.74, 6) is -1.52. The van der Waals surface area contributed by atoms with Crippen molar-refractivity contribution < 1.29 is 27.2 Å². The van der Waals surface area contributed by atoms with E-state index in [1.165, 1.54) is 7.11 Å². The number of alkyl halides is 3. The molecule has 0 fully saturated rings. The molecule has 0 spiro atoms. The maximum absolute atomic E-state index is 12.5. The lowest BCUT2D eigenvalue weighted by Gasteiger charge is -2.22. The zero-order valence-electron chi connectivity index (χ0n) is 14.5. The molecule has 142 valence electrons. The fourth-order valence-corrected chi connectivity index (χ4v) is 2.34. The third-order valence-electron chi connectivity index (χ3n) is 3.62. The van der Waals surface area contributed by atoms with Gasteiger partial charge in [0.05, 0.1) is 13.0 Å². The molecule has 0 saturated heterocycles. The summed E-state index contributed by atoms with van der Waals surface area (Å²) in [6.07, 6.45) is -3.55. The number of amides is 1. The van der Waals surface area contributed by atoms with E-state index in [-0.39, 0.29) is 11.7 Å². The zero-order valence-corrected chi connectivity index (χ0v) is 14.5. The molecule has 0 saturated carbocycles. The highest BCUT2D eigenvalue weighted by atomic mass is 19.4. The maximum atomic E-state index is 12.5. The molecular formula is C17H20F3N3O3. The van der Waals surface area contributed by atoms with Gasteiger partial charge in [-0.1, -0.05) is 36.3 Å². The van der Waals surface area contributed by atoms with Crippen LogP contribution in [0.2, 0.25) is 0 Å². The molecule has 1 amide bonds. The van der Waals surface area contributed by atoms with Gasteiger partial charge in [0.15, 0.2) is 0 Å². The predicted octanol–water partition coefficient (Wildman–Crippen LogP) is 3.53. The fourth-order valence-electron chi connectivity index (χ4n) is 2.34. The molecular weight excluding hydrogens is 351 g/mol. The molecule has 2 aromatic rings. The van der Waals surface area contributed by atoms with Gasteiger partial charge in [0.1, 0.15) is 0 Å². The van der Waals surface area contributed by atoms with Crippen molar-refractivity contribution in [3.8, 4) is 11.4 Å². The first-order valence-corrected chi connectivity index (χ1v) is 8.12. The summed E-state index contributed by atoms with van der Waals surface area (Å²) < 4.78 is 46.7. The van der Waals surface area contributed by atoms with E-state index in [1.54, 1.807) is 29.2 Å². The van der Waals surface area contributed by atoms with Gasteiger partial charge in [-0.2, -0.15) is 18.2 Å². The third-order valence-corrected chi connectivity index (χ3v) is 3.62. The molecule has 9 heteroatoms.